The van der Waals surface area contributed by atoms with E-state index in [1.165, 1.54) is 24.3 Å². The minimum atomic E-state index is -3.74. The third-order valence-corrected chi connectivity index (χ3v) is 5.78. The van der Waals surface area contributed by atoms with Crippen molar-refractivity contribution < 1.29 is 27.4 Å². The van der Waals surface area contributed by atoms with Crippen LogP contribution in [0.15, 0.2) is 29.2 Å². The molecular weight excluding hydrogens is 372 g/mol. The molecule has 3 rings (SSSR count). The second kappa shape index (κ2) is 7.46. The summed E-state index contributed by atoms with van der Waals surface area (Å²) in [6.07, 6.45) is -2.13. The molecule has 10 heteroatoms. The Bertz CT molecular complexity index is 726. The summed E-state index contributed by atoms with van der Waals surface area (Å²) < 4.78 is 44.0. The summed E-state index contributed by atoms with van der Waals surface area (Å²) in [7, 11) is -3.74. The van der Waals surface area contributed by atoms with E-state index in [1.54, 1.807) is 6.92 Å². The summed E-state index contributed by atoms with van der Waals surface area (Å²) in [4.78, 5) is 11.6. The lowest BCUT2D eigenvalue weighted by Crippen LogP contribution is -2.44. The lowest BCUT2D eigenvalue weighted by molar-refractivity contribution is 0.00428. The first-order valence-electron chi connectivity index (χ1n) is 7.86. The molecule has 8 nitrogen and oxygen atoms in total. The Morgan fingerprint density at radius 1 is 1.24 bits per heavy atom. The third-order valence-electron chi connectivity index (χ3n) is 4.02. The van der Waals surface area contributed by atoms with Crippen LogP contribution in [-0.2, 0) is 24.2 Å². The lowest BCUT2D eigenvalue weighted by Gasteiger charge is -2.18. The highest BCUT2D eigenvalue weighted by Crippen LogP contribution is 2.30. The number of benzene rings is 1. The summed E-state index contributed by atoms with van der Waals surface area (Å²) in [5.41, 5.74) is 0. The molecule has 25 heavy (non-hydrogen) atoms. The molecule has 138 valence electrons. The van der Waals surface area contributed by atoms with E-state index in [9.17, 15) is 13.2 Å². The predicted molar refractivity (Wildman–Crippen MR) is 89.0 cm³/mol. The molecule has 2 saturated heterocycles. The van der Waals surface area contributed by atoms with E-state index in [1.807, 2.05) is 0 Å². The van der Waals surface area contributed by atoms with Gasteiger partial charge in [-0.1, -0.05) is 11.6 Å². The van der Waals surface area contributed by atoms with Crippen molar-refractivity contribution in [3.05, 3.63) is 29.3 Å². The number of carbonyl (C=O) groups is 1. The molecule has 2 N–H and O–H groups in total. The molecule has 4 atom stereocenters. The average Bonchev–Trinajstić information content (AvgIpc) is 3.12. The van der Waals surface area contributed by atoms with Crippen molar-refractivity contribution in [2.45, 2.75) is 36.2 Å². The topological polar surface area (TPSA) is 103 Å². The molecule has 0 spiro atoms. The Morgan fingerprint density at radius 2 is 1.92 bits per heavy atom. The van der Waals surface area contributed by atoms with Crippen LogP contribution in [0.2, 0.25) is 5.02 Å². The van der Waals surface area contributed by atoms with Gasteiger partial charge in [-0.15, -0.1) is 0 Å². The first-order valence-corrected chi connectivity index (χ1v) is 9.72. The summed E-state index contributed by atoms with van der Waals surface area (Å²) >= 11 is 5.78. The van der Waals surface area contributed by atoms with Gasteiger partial charge in [-0.05, 0) is 31.2 Å². The largest absolute Gasteiger partial charge is 0.441 e. The number of hydrogen-bond acceptors (Lipinski definition) is 6. The molecule has 2 aliphatic heterocycles. The molecule has 2 fully saturated rings. The van der Waals surface area contributed by atoms with Crippen molar-refractivity contribution in [3.8, 4) is 0 Å². The molecule has 0 saturated carbocycles. The normalized spacial score (nSPS) is 28.6. The van der Waals surface area contributed by atoms with Gasteiger partial charge in [-0.2, -0.15) is 0 Å². The minimum Gasteiger partial charge on any atom is -0.441 e. The second-order valence-electron chi connectivity index (χ2n) is 5.75. The van der Waals surface area contributed by atoms with Gasteiger partial charge in [0.2, 0.25) is 10.0 Å². The van der Waals surface area contributed by atoms with Gasteiger partial charge in [0, 0.05) is 11.6 Å². The van der Waals surface area contributed by atoms with E-state index in [0.717, 1.165) is 0 Å². The SMILES string of the molecule is CCNC(=O)O[C@@H]1CO[C@H]2[C@@H]1OC[C@@H]2NS(=O)(=O)c1ccc(Cl)cc1. The quantitative estimate of drug-likeness (QED) is 0.774. The molecule has 2 heterocycles. The second-order valence-corrected chi connectivity index (χ2v) is 7.90. The van der Waals surface area contributed by atoms with E-state index < -0.39 is 40.5 Å². The Kier molecular flexibility index (Phi) is 5.49. The molecular formula is C15H19ClN2O6S. The zero-order valence-corrected chi connectivity index (χ0v) is 15.0. The van der Waals surface area contributed by atoms with Crippen LogP contribution in [0, 0.1) is 0 Å². The summed E-state index contributed by atoms with van der Waals surface area (Å²) in [6.45, 7) is 2.52. The molecule has 0 aliphatic carbocycles. The smallest absolute Gasteiger partial charge is 0.407 e. The molecule has 1 aromatic carbocycles. The van der Waals surface area contributed by atoms with Gasteiger partial charge >= 0.3 is 6.09 Å². The monoisotopic (exact) mass is 390 g/mol. The molecule has 2 aliphatic rings. The Labute approximate surface area is 150 Å². The maximum atomic E-state index is 12.5. The van der Waals surface area contributed by atoms with E-state index in [0.29, 0.717) is 11.6 Å². The van der Waals surface area contributed by atoms with Gasteiger partial charge in [0.25, 0.3) is 0 Å². The van der Waals surface area contributed by atoms with E-state index >= 15 is 0 Å². The van der Waals surface area contributed by atoms with Gasteiger partial charge in [-0.3, -0.25) is 0 Å². The van der Waals surface area contributed by atoms with Gasteiger partial charge in [-0.25, -0.2) is 17.9 Å². The van der Waals surface area contributed by atoms with Crippen molar-refractivity contribution in [3.63, 3.8) is 0 Å². The highest BCUT2D eigenvalue weighted by atomic mass is 35.5. The molecule has 1 aromatic rings. The lowest BCUT2D eigenvalue weighted by atomic mass is 10.1. The number of hydrogen-bond donors (Lipinski definition) is 2. The molecule has 0 unspecified atom stereocenters. The minimum absolute atomic E-state index is 0.105. The Hall–Kier alpha value is -1.39. The van der Waals surface area contributed by atoms with E-state index in [-0.39, 0.29) is 18.1 Å². The van der Waals surface area contributed by atoms with Crippen LogP contribution < -0.4 is 10.0 Å². The number of nitrogens with one attached hydrogen (secondary N) is 2. The fourth-order valence-electron chi connectivity index (χ4n) is 2.87. The van der Waals surface area contributed by atoms with Crippen molar-refractivity contribution in [1.29, 1.82) is 0 Å². The summed E-state index contributed by atoms with van der Waals surface area (Å²) in [5.74, 6) is 0. The standard InChI is InChI=1S/C15H19ClN2O6S/c1-2-17-15(19)24-12-8-23-13-11(7-22-14(12)13)18-25(20,21)10-5-3-9(16)4-6-10/h3-6,11-14,18H,2,7-8H2,1H3,(H,17,19)/t11-,12+,13+,14+/m0/s1. The van der Waals surface area contributed by atoms with Crippen molar-refractivity contribution in [2.75, 3.05) is 19.8 Å². The highest BCUT2D eigenvalue weighted by molar-refractivity contribution is 7.89. The summed E-state index contributed by atoms with van der Waals surface area (Å²) in [6, 6.07) is 5.30. The van der Waals surface area contributed by atoms with Gasteiger partial charge in [0.05, 0.1) is 24.2 Å². The van der Waals surface area contributed by atoms with E-state index in [2.05, 4.69) is 10.0 Å². The fourth-order valence-corrected chi connectivity index (χ4v) is 4.23. The Balaban J connectivity index is 1.64. The average molecular weight is 391 g/mol. The van der Waals surface area contributed by atoms with Crippen LogP contribution in [0.4, 0.5) is 4.79 Å². The number of alkyl carbamates (subject to hydrolysis) is 1. The van der Waals surface area contributed by atoms with Crippen LogP contribution in [0.5, 0.6) is 0 Å². The van der Waals surface area contributed by atoms with Gasteiger partial charge < -0.3 is 19.5 Å². The molecule has 0 aromatic heterocycles. The molecule has 0 radical (unpaired) electrons. The molecule has 0 bridgehead atoms. The number of sulfonamides is 1. The molecule has 1 amide bonds. The number of ether oxygens (including phenoxy) is 3. The Morgan fingerprint density at radius 3 is 2.60 bits per heavy atom. The maximum Gasteiger partial charge on any atom is 0.407 e. The van der Waals surface area contributed by atoms with Crippen molar-refractivity contribution in [2.24, 2.45) is 0 Å². The van der Waals surface area contributed by atoms with Crippen LogP contribution in [-0.4, -0.2) is 58.6 Å². The number of fused-ring (bicyclic) bond motifs is 1. The van der Waals surface area contributed by atoms with Gasteiger partial charge in [0.15, 0.2) is 6.10 Å². The first-order chi connectivity index (χ1) is 11.9. The fraction of sp³-hybridized carbons (Fsp3) is 0.533. The summed E-state index contributed by atoms with van der Waals surface area (Å²) in [5, 5.41) is 2.98. The number of amides is 1. The van der Waals surface area contributed by atoms with Crippen molar-refractivity contribution in [1.82, 2.24) is 10.0 Å². The number of halogens is 1. The van der Waals surface area contributed by atoms with Crippen LogP contribution >= 0.6 is 11.6 Å². The zero-order chi connectivity index (χ0) is 18.0. The highest BCUT2D eigenvalue weighted by Gasteiger charge is 2.50. The first kappa shape index (κ1) is 18.4. The zero-order valence-electron chi connectivity index (χ0n) is 13.5. The number of rotatable bonds is 5. The van der Waals surface area contributed by atoms with Gasteiger partial charge in [0.1, 0.15) is 12.2 Å². The third kappa shape index (κ3) is 4.06. The maximum absolute atomic E-state index is 12.5. The van der Waals surface area contributed by atoms with Crippen LogP contribution in [0.1, 0.15) is 6.92 Å². The predicted octanol–water partition coefficient (Wildman–Crippen LogP) is 0.899. The number of carbonyl (C=O) groups excluding carboxylic acids is 1. The van der Waals surface area contributed by atoms with Crippen LogP contribution in [0.3, 0.4) is 0 Å². The van der Waals surface area contributed by atoms with E-state index in [4.69, 9.17) is 25.8 Å². The van der Waals surface area contributed by atoms with Crippen molar-refractivity contribution >= 4 is 27.7 Å². The van der Waals surface area contributed by atoms with Crippen LogP contribution in [0.25, 0.3) is 0 Å².